The molecule has 0 bridgehead atoms. The minimum Gasteiger partial charge on any atom is -0.378 e. The van der Waals surface area contributed by atoms with Gasteiger partial charge in [-0.2, -0.15) is 0 Å². The van der Waals surface area contributed by atoms with Crippen molar-refractivity contribution in [2.24, 2.45) is 4.99 Å². The lowest BCUT2D eigenvalue weighted by Gasteiger charge is -2.31. The topological polar surface area (TPSA) is 66.0 Å². The van der Waals surface area contributed by atoms with Crippen molar-refractivity contribution in [3.63, 3.8) is 0 Å². The summed E-state index contributed by atoms with van der Waals surface area (Å²) < 4.78 is 5.40. The Labute approximate surface area is 206 Å². The van der Waals surface area contributed by atoms with Crippen LogP contribution in [0.25, 0.3) is 0 Å². The van der Waals surface area contributed by atoms with Gasteiger partial charge in [-0.3, -0.25) is 4.79 Å². The maximum Gasteiger partial charge on any atom is 0.232 e. The lowest BCUT2D eigenvalue weighted by Crippen LogP contribution is -2.47. The Balaban J connectivity index is 0.00000341. The maximum atomic E-state index is 13.2. The highest BCUT2D eigenvalue weighted by Gasteiger charge is 2.27. The van der Waals surface area contributed by atoms with E-state index in [4.69, 9.17) is 16.3 Å². The molecule has 1 heterocycles. The van der Waals surface area contributed by atoms with Gasteiger partial charge in [0.15, 0.2) is 5.96 Å². The van der Waals surface area contributed by atoms with Crippen LogP contribution in [0.3, 0.4) is 0 Å². The minimum atomic E-state index is -0.288. The molecule has 1 aliphatic heterocycles. The van der Waals surface area contributed by atoms with Crippen LogP contribution in [0.15, 0.2) is 59.6 Å². The van der Waals surface area contributed by atoms with Gasteiger partial charge in [0.05, 0.1) is 25.7 Å². The molecule has 0 aromatic heterocycles. The number of hydrogen-bond acceptors (Lipinski definition) is 3. The first-order chi connectivity index (χ1) is 14.7. The number of hydrogen-bond donors (Lipinski definition) is 2. The van der Waals surface area contributed by atoms with E-state index in [0.717, 1.165) is 17.7 Å². The first kappa shape index (κ1) is 25.4. The second-order valence-electron chi connectivity index (χ2n) is 7.10. The molecule has 1 amide bonds. The summed E-state index contributed by atoms with van der Waals surface area (Å²) in [5, 5.41) is 7.32. The molecule has 0 saturated carbocycles. The van der Waals surface area contributed by atoms with Gasteiger partial charge in [-0.25, -0.2) is 4.99 Å². The first-order valence-corrected chi connectivity index (χ1v) is 10.7. The number of nitrogens with zero attached hydrogens (tertiary/aromatic N) is 2. The normalized spacial score (nSPS) is 15.0. The molecule has 1 saturated heterocycles. The van der Waals surface area contributed by atoms with E-state index in [1.807, 2.05) is 66.4 Å². The van der Waals surface area contributed by atoms with Crippen molar-refractivity contribution >= 4 is 47.4 Å². The van der Waals surface area contributed by atoms with Gasteiger partial charge in [0.25, 0.3) is 0 Å². The third-order valence-corrected chi connectivity index (χ3v) is 5.23. The number of benzene rings is 2. The third-order valence-electron chi connectivity index (χ3n) is 4.97. The zero-order valence-electron chi connectivity index (χ0n) is 17.7. The van der Waals surface area contributed by atoms with Crippen LogP contribution in [0, 0.1) is 0 Å². The number of aliphatic imine (C=N–C) groups is 1. The summed E-state index contributed by atoms with van der Waals surface area (Å²) in [6.45, 7) is 6.19. The molecule has 8 heteroatoms. The highest BCUT2D eigenvalue weighted by molar-refractivity contribution is 14.0. The standard InChI is InChI=1S/C23H29ClN4O2.HI/c1-2-25-23(26-16-18-8-10-20(24)11-9-18)27-17-21(19-6-4-3-5-7-19)22(29)28-12-14-30-15-13-28;/h3-11,21H,2,12-17H2,1H3,(H2,25,26,27);1H. The van der Waals surface area contributed by atoms with Crippen LogP contribution in [0.1, 0.15) is 24.0 Å². The quantitative estimate of drug-likeness (QED) is 0.310. The van der Waals surface area contributed by atoms with Gasteiger partial charge < -0.3 is 20.3 Å². The number of carbonyl (C=O) groups excluding carboxylic acids is 1. The van der Waals surface area contributed by atoms with E-state index in [1.54, 1.807) is 0 Å². The van der Waals surface area contributed by atoms with Crippen LogP contribution in [0.4, 0.5) is 0 Å². The van der Waals surface area contributed by atoms with Crippen LogP contribution in [-0.2, 0) is 16.1 Å². The molecule has 2 aromatic carbocycles. The van der Waals surface area contributed by atoms with Crippen molar-refractivity contribution in [1.29, 1.82) is 0 Å². The number of rotatable bonds is 7. The lowest BCUT2D eigenvalue weighted by atomic mass is 9.97. The Hall–Kier alpha value is -1.84. The number of halogens is 2. The van der Waals surface area contributed by atoms with Gasteiger partial charge in [0.2, 0.25) is 5.91 Å². The molecular weight excluding hydrogens is 527 g/mol. The van der Waals surface area contributed by atoms with Crippen LogP contribution in [-0.4, -0.2) is 56.2 Å². The number of ether oxygens (including phenoxy) is 1. The molecule has 0 radical (unpaired) electrons. The number of carbonyl (C=O) groups is 1. The Bertz CT molecular complexity index is 827. The second-order valence-corrected chi connectivity index (χ2v) is 7.54. The molecule has 0 spiro atoms. The average molecular weight is 557 g/mol. The molecule has 2 N–H and O–H groups in total. The van der Waals surface area contributed by atoms with E-state index in [-0.39, 0.29) is 35.8 Å². The van der Waals surface area contributed by atoms with Crippen molar-refractivity contribution in [1.82, 2.24) is 15.5 Å². The smallest absolute Gasteiger partial charge is 0.232 e. The second kappa shape index (κ2) is 13.5. The van der Waals surface area contributed by atoms with Gasteiger partial charge in [-0.05, 0) is 30.2 Å². The average Bonchev–Trinajstić information content (AvgIpc) is 2.79. The van der Waals surface area contributed by atoms with Gasteiger partial charge >= 0.3 is 0 Å². The summed E-state index contributed by atoms with van der Waals surface area (Å²) in [5.74, 6) is 0.511. The predicted octanol–water partition coefficient (Wildman–Crippen LogP) is 3.66. The molecule has 31 heavy (non-hydrogen) atoms. The van der Waals surface area contributed by atoms with E-state index in [1.165, 1.54) is 0 Å². The summed E-state index contributed by atoms with van der Waals surface area (Å²) in [4.78, 5) is 19.8. The molecule has 3 rings (SSSR count). The largest absolute Gasteiger partial charge is 0.378 e. The van der Waals surface area contributed by atoms with Gasteiger partial charge in [0.1, 0.15) is 0 Å². The van der Waals surface area contributed by atoms with E-state index < -0.39 is 0 Å². The highest BCUT2D eigenvalue weighted by atomic mass is 127. The summed E-state index contributed by atoms with van der Waals surface area (Å²) in [6.07, 6.45) is 0. The molecule has 1 fully saturated rings. The molecular formula is C23H30ClIN4O2. The minimum absolute atomic E-state index is 0. The Kier molecular flexibility index (Phi) is 11.1. The highest BCUT2D eigenvalue weighted by Crippen LogP contribution is 2.19. The molecule has 1 unspecified atom stereocenters. The summed E-state index contributed by atoms with van der Waals surface area (Å²) in [5.41, 5.74) is 2.07. The van der Waals surface area contributed by atoms with Crippen molar-refractivity contribution in [2.75, 3.05) is 39.4 Å². The van der Waals surface area contributed by atoms with E-state index in [2.05, 4.69) is 15.6 Å². The fraction of sp³-hybridized carbons (Fsp3) is 0.391. The zero-order valence-corrected chi connectivity index (χ0v) is 20.8. The van der Waals surface area contributed by atoms with E-state index >= 15 is 0 Å². The molecule has 6 nitrogen and oxygen atoms in total. The third kappa shape index (κ3) is 7.97. The van der Waals surface area contributed by atoms with E-state index in [0.29, 0.717) is 50.4 Å². The van der Waals surface area contributed by atoms with Crippen LogP contribution in [0.5, 0.6) is 0 Å². The zero-order chi connectivity index (χ0) is 21.2. The summed E-state index contributed by atoms with van der Waals surface area (Å²) >= 11 is 5.96. The van der Waals surface area contributed by atoms with Crippen LogP contribution >= 0.6 is 35.6 Å². The Morgan fingerprint density at radius 3 is 2.42 bits per heavy atom. The van der Waals surface area contributed by atoms with Crippen LogP contribution < -0.4 is 10.6 Å². The Morgan fingerprint density at radius 2 is 1.77 bits per heavy atom. The predicted molar refractivity (Wildman–Crippen MR) is 136 cm³/mol. The van der Waals surface area contributed by atoms with Crippen molar-refractivity contribution in [2.45, 2.75) is 19.4 Å². The molecule has 0 aliphatic carbocycles. The summed E-state index contributed by atoms with van der Waals surface area (Å²) in [6, 6.07) is 17.5. The van der Waals surface area contributed by atoms with Crippen LogP contribution in [0.2, 0.25) is 5.02 Å². The van der Waals surface area contributed by atoms with Gasteiger partial charge in [-0.1, -0.05) is 54.1 Å². The number of nitrogens with one attached hydrogen (secondary N) is 2. The number of amides is 1. The fourth-order valence-corrected chi connectivity index (χ4v) is 3.46. The molecule has 1 aliphatic rings. The molecule has 2 aromatic rings. The first-order valence-electron chi connectivity index (χ1n) is 10.4. The summed E-state index contributed by atoms with van der Waals surface area (Å²) in [7, 11) is 0. The van der Waals surface area contributed by atoms with Crippen molar-refractivity contribution in [3.05, 3.63) is 70.7 Å². The van der Waals surface area contributed by atoms with Crippen molar-refractivity contribution < 1.29 is 9.53 Å². The Morgan fingerprint density at radius 1 is 1.10 bits per heavy atom. The fourth-order valence-electron chi connectivity index (χ4n) is 3.34. The number of morpholine rings is 1. The number of guanidine groups is 1. The SMILES string of the molecule is CCNC(=NCc1ccc(Cl)cc1)NCC(C(=O)N1CCOCC1)c1ccccc1.I. The van der Waals surface area contributed by atoms with Gasteiger partial charge in [-0.15, -0.1) is 24.0 Å². The monoisotopic (exact) mass is 556 g/mol. The van der Waals surface area contributed by atoms with Crippen molar-refractivity contribution in [3.8, 4) is 0 Å². The maximum absolute atomic E-state index is 13.2. The van der Waals surface area contributed by atoms with Gasteiger partial charge in [0, 0.05) is 31.2 Å². The van der Waals surface area contributed by atoms with E-state index in [9.17, 15) is 4.79 Å². The lowest BCUT2D eigenvalue weighted by molar-refractivity contribution is -0.136. The molecule has 168 valence electrons. The molecule has 1 atom stereocenters.